The minimum absolute atomic E-state index is 0.0301. The Balaban J connectivity index is 1.40. The molecular weight excluding hydrogens is 438 g/mol. The van der Waals surface area contributed by atoms with Crippen LogP contribution in [0.4, 0.5) is 0 Å². The Kier molecular flexibility index (Phi) is 4.97. The smallest absolute Gasteiger partial charge is 0.165 e. The first kappa shape index (κ1) is 22.9. The Labute approximate surface area is 210 Å². The molecule has 4 saturated carbocycles. The van der Waals surface area contributed by atoms with Crippen molar-refractivity contribution in [2.24, 2.45) is 23.2 Å². The van der Waals surface area contributed by atoms with Crippen molar-refractivity contribution in [1.29, 1.82) is 0 Å². The maximum absolute atomic E-state index is 11.7. The van der Waals surface area contributed by atoms with Crippen molar-refractivity contribution in [2.75, 3.05) is 27.3 Å². The van der Waals surface area contributed by atoms with E-state index < -0.39 is 5.60 Å². The molecule has 0 radical (unpaired) electrons. The molecule has 2 spiro atoms. The fourth-order valence-corrected chi connectivity index (χ4v) is 9.76. The van der Waals surface area contributed by atoms with Crippen LogP contribution in [0.2, 0.25) is 0 Å². The van der Waals surface area contributed by atoms with Gasteiger partial charge in [0.15, 0.2) is 11.5 Å². The van der Waals surface area contributed by atoms with Gasteiger partial charge in [0.25, 0.3) is 0 Å². The molecule has 5 heteroatoms. The largest absolute Gasteiger partial charge is 0.493 e. The van der Waals surface area contributed by atoms with Crippen LogP contribution in [0.25, 0.3) is 0 Å². The Bertz CT molecular complexity index is 1020. The third-order valence-electron chi connectivity index (χ3n) is 11.4. The van der Waals surface area contributed by atoms with E-state index in [0.717, 1.165) is 62.5 Å². The maximum atomic E-state index is 11.7. The normalized spacial score (nSPS) is 41.6. The molecule has 1 saturated heterocycles. The van der Waals surface area contributed by atoms with E-state index in [1.807, 2.05) is 7.11 Å². The van der Waals surface area contributed by atoms with Gasteiger partial charge in [-0.1, -0.05) is 19.9 Å². The van der Waals surface area contributed by atoms with Crippen molar-refractivity contribution in [3.05, 3.63) is 23.3 Å². The summed E-state index contributed by atoms with van der Waals surface area (Å²) in [5, 5.41) is 11.7. The van der Waals surface area contributed by atoms with Crippen LogP contribution in [-0.4, -0.2) is 61.2 Å². The lowest BCUT2D eigenvalue weighted by Gasteiger charge is -2.74. The van der Waals surface area contributed by atoms with Gasteiger partial charge in [-0.3, -0.25) is 4.90 Å². The van der Waals surface area contributed by atoms with Gasteiger partial charge in [0.1, 0.15) is 11.7 Å². The van der Waals surface area contributed by atoms with E-state index in [1.54, 1.807) is 7.11 Å². The lowest BCUT2D eigenvalue weighted by Crippen LogP contribution is -2.81. The minimum atomic E-state index is -0.444. The van der Waals surface area contributed by atoms with Gasteiger partial charge in [-0.25, -0.2) is 0 Å². The summed E-state index contributed by atoms with van der Waals surface area (Å²) in [5.41, 5.74) is 2.58. The molecule has 4 bridgehead atoms. The molecule has 7 aliphatic rings. The van der Waals surface area contributed by atoms with Crippen molar-refractivity contribution in [3.63, 3.8) is 0 Å². The molecular formula is C30H43NO4. The highest BCUT2D eigenvalue weighted by atomic mass is 16.6. The van der Waals surface area contributed by atoms with Gasteiger partial charge in [-0.2, -0.15) is 0 Å². The van der Waals surface area contributed by atoms with E-state index in [2.05, 4.69) is 30.9 Å². The second-order valence-corrected chi connectivity index (χ2v) is 13.2. The first-order chi connectivity index (χ1) is 16.9. The number of ether oxygens (including phenoxy) is 3. The van der Waals surface area contributed by atoms with Gasteiger partial charge >= 0.3 is 0 Å². The van der Waals surface area contributed by atoms with Crippen molar-refractivity contribution in [3.8, 4) is 11.5 Å². The maximum Gasteiger partial charge on any atom is 0.165 e. The zero-order chi connectivity index (χ0) is 24.2. The summed E-state index contributed by atoms with van der Waals surface area (Å²) >= 11 is 0. The van der Waals surface area contributed by atoms with Crippen LogP contribution < -0.4 is 9.47 Å². The highest BCUT2D eigenvalue weighted by Gasteiger charge is 2.81. The molecule has 0 unspecified atom stereocenters. The fourth-order valence-electron chi connectivity index (χ4n) is 9.76. The molecule has 7 atom stereocenters. The summed E-state index contributed by atoms with van der Waals surface area (Å²) in [6.07, 6.45) is 9.76. The van der Waals surface area contributed by atoms with Crippen molar-refractivity contribution >= 4 is 0 Å². The van der Waals surface area contributed by atoms with Crippen molar-refractivity contribution in [2.45, 2.75) is 101 Å². The number of methoxy groups -OCH3 is 2. The zero-order valence-corrected chi connectivity index (χ0v) is 22.0. The lowest BCUT2D eigenvalue weighted by atomic mass is 9.34. The number of aliphatic hydroxyl groups is 1. The van der Waals surface area contributed by atoms with E-state index in [9.17, 15) is 5.11 Å². The summed E-state index contributed by atoms with van der Waals surface area (Å²) in [5.74, 6) is 3.44. The molecule has 1 aromatic rings. The molecule has 2 aliphatic heterocycles. The van der Waals surface area contributed by atoms with Crippen molar-refractivity contribution in [1.82, 2.24) is 4.90 Å². The standard InChI is InChI=1S/C30H43NO4/c1-18(2)5-9-22(32)21-16-28-11-12-30(21,34-4)27-29(28)13-14-31(17-19-6-7-19)24(28)15-20-8-10-23(33-3)26(35-27)25(20)29/h8,10,18-19,21-22,24,27,32H,5-7,9,11-17H2,1-4H3/t21-,22-,24-,27-,28-,29+,30-/m1/s1. The van der Waals surface area contributed by atoms with Gasteiger partial charge in [-0.05, 0) is 87.8 Å². The number of hydrogen-bond donors (Lipinski definition) is 1. The molecule has 1 N–H and O–H groups in total. The van der Waals surface area contributed by atoms with Crippen LogP contribution in [0, 0.1) is 23.2 Å². The minimum Gasteiger partial charge on any atom is -0.493 e. The van der Waals surface area contributed by atoms with E-state index in [1.165, 1.54) is 36.9 Å². The van der Waals surface area contributed by atoms with Crippen LogP contribution in [0.5, 0.6) is 11.5 Å². The summed E-state index contributed by atoms with van der Waals surface area (Å²) in [6, 6.07) is 4.98. The number of hydrogen-bond acceptors (Lipinski definition) is 5. The number of piperidine rings is 1. The summed E-state index contributed by atoms with van der Waals surface area (Å²) in [7, 11) is 3.64. The fraction of sp³-hybridized carbons (Fsp3) is 0.800. The molecule has 2 heterocycles. The molecule has 35 heavy (non-hydrogen) atoms. The summed E-state index contributed by atoms with van der Waals surface area (Å²) in [4.78, 5) is 2.87. The first-order valence-electron chi connectivity index (χ1n) is 14.2. The van der Waals surface area contributed by atoms with Crippen molar-refractivity contribution < 1.29 is 19.3 Å². The molecule has 0 amide bonds. The van der Waals surface area contributed by atoms with Crippen LogP contribution in [0.15, 0.2) is 12.1 Å². The molecule has 8 rings (SSSR count). The second-order valence-electron chi connectivity index (χ2n) is 13.2. The number of rotatable bonds is 8. The molecule has 5 fully saturated rings. The highest BCUT2D eigenvalue weighted by molar-refractivity contribution is 5.63. The average Bonchev–Trinajstić information content (AvgIpc) is 3.60. The highest BCUT2D eigenvalue weighted by Crippen LogP contribution is 2.77. The number of likely N-dealkylation sites (tertiary alicyclic amines) is 1. The van der Waals surface area contributed by atoms with Crippen LogP contribution >= 0.6 is 0 Å². The zero-order valence-electron chi connectivity index (χ0n) is 22.0. The third kappa shape index (κ3) is 2.76. The number of aliphatic hydroxyl groups excluding tert-OH is 1. The number of nitrogens with zero attached hydrogens (tertiary/aromatic N) is 1. The molecule has 5 aliphatic carbocycles. The van der Waals surface area contributed by atoms with Crippen LogP contribution in [0.1, 0.15) is 76.3 Å². The Morgan fingerprint density at radius 2 is 1.97 bits per heavy atom. The van der Waals surface area contributed by atoms with Gasteiger partial charge in [0.2, 0.25) is 0 Å². The quantitative estimate of drug-likeness (QED) is 0.582. The summed E-state index contributed by atoms with van der Waals surface area (Å²) < 4.78 is 19.5. The Morgan fingerprint density at radius 3 is 2.69 bits per heavy atom. The molecule has 0 aromatic heterocycles. The number of benzene rings is 1. The SMILES string of the molecule is COc1ccc2c3c1O[C@H]1[C@@]4(OC)CC[C@@]5(C[C@@H]4[C@H](O)CCC(C)C)[C@@H](C2)N(CC2CC2)CC[C@]315. The van der Waals surface area contributed by atoms with Crippen LogP contribution in [0.3, 0.4) is 0 Å². The number of fused-ring (bicyclic) bond motifs is 2. The van der Waals surface area contributed by atoms with E-state index in [4.69, 9.17) is 14.2 Å². The third-order valence-corrected chi connectivity index (χ3v) is 11.4. The second kappa shape index (κ2) is 7.61. The predicted molar refractivity (Wildman–Crippen MR) is 135 cm³/mol. The Morgan fingerprint density at radius 1 is 1.14 bits per heavy atom. The topological polar surface area (TPSA) is 51.2 Å². The summed E-state index contributed by atoms with van der Waals surface area (Å²) in [6.45, 7) is 6.91. The Hall–Kier alpha value is -1.30. The first-order valence-corrected chi connectivity index (χ1v) is 14.2. The van der Waals surface area contributed by atoms with Gasteiger partial charge < -0.3 is 19.3 Å². The van der Waals surface area contributed by atoms with Gasteiger partial charge in [-0.15, -0.1) is 0 Å². The van der Waals surface area contributed by atoms with E-state index in [-0.39, 0.29) is 29.0 Å². The average molecular weight is 482 g/mol. The van der Waals surface area contributed by atoms with E-state index in [0.29, 0.717) is 12.0 Å². The molecule has 192 valence electrons. The van der Waals surface area contributed by atoms with Gasteiger partial charge in [0.05, 0.1) is 13.2 Å². The van der Waals surface area contributed by atoms with Crippen LogP contribution in [-0.2, 0) is 16.6 Å². The monoisotopic (exact) mass is 481 g/mol. The van der Waals surface area contributed by atoms with Gasteiger partial charge in [0, 0.05) is 42.0 Å². The predicted octanol–water partition coefficient (Wildman–Crippen LogP) is 4.72. The molecule has 1 aromatic carbocycles. The lowest BCUT2D eigenvalue weighted by molar-refractivity contribution is -0.290. The molecule has 5 nitrogen and oxygen atoms in total. The van der Waals surface area contributed by atoms with E-state index >= 15 is 0 Å².